The molecule has 0 radical (unpaired) electrons. The van der Waals surface area contributed by atoms with Crippen LogP contribution in [0.25, 0.3) is 0 Å². The zero-order valence-electron chi connectivity index (χ0n) is 13.6. The Morgan fingerprint density at radius 2 is 1.25 bits per heavy atom. The van der Waals surface area contributed by atoms with E-state index in [2.05, 4.69) is 31.2 Å². The number of hydrogen-bond donors (Lipinski definition) is 0. The standard InChI is InChI=1S/C22H19NO/c1-16-12-14-19(15-13-16)23-21(18-10-6-3-7-11-18)20(22(23)24)17-8-4-2-5-9-17/h2-15,20-21H,1H3/t20-,21-/m0/s1. The van der Waals surface area contributed by atoms with Crippen LogP contribution in [0.4, 0.5) is 5.69 Å². The molecule has 1 aliphatic rings. The molecule has 4 rings (SSSR count). The minimum atomic E-state index is -0.116. The molecule has 0 N–H and O–H groups in total. The van der Waals surface area contributed by atoms with Crippen LogP contribution in [0.2, 0.25) is 0 Å². The minimum Gasteiger partial charge on any atom is -0.303 e. The van der Waals surface area contributed by atoms with Crippen LogP contribution >= 0.6 is 0 Å². The average molecular weight is 313 g/mol. The molecule has 0 bridgehead atoms. The lowest BCUT2D eigenvalue weighted by atomic mass is 9.77. The molecule has 1 heterocycles. The quantitative estimate of drug-likeness (QED) is 0.632. The van der Waals surface area contributed by atoms with E-state index in [0.717, 1.165) is 11.3 Å². The van der Waals surface area contributed by atoms with Crippen LogP contribution in [0, 0.1) is 6.92 Å². The molecule has 1 aliphatic heterocycles. The molecule has 2 nitrogen and oxygen atoms in total. The molecule has 3 aromatic rings. The SMILES string of the molecule is Cc1ccc(N2C(=O)[C@@H](c3ccccc3)[C@@H]2c2ccccc2)cc1. The first-order chi connectivity index (χ1) is 11.8. The molecule has 0 spiro atoms. The first kappa shape index (κ1) is 14.7. The Morgan fingerprint density at radius 3 is 1.83 bits per heavy atom. The Labute approximate surface area is 142 Å². The summed E-state index contributed by atoms with van der Waals surface area (Å²) in [5.74, 6) is 0.0498. The summed E-state index contributed by atoms with van der Waals surface area (Å²) in [6.07, 6.45) is 0. The fourth-order valence-electron chi connectivity index (χ4n) is 3.46. The van der Waals surface area contributed by atoms with E-state index in [9.17, 15) is 4.79 Å². The summed E-state index contributed by atoms with van der Waals surface area (Å²) in [6, 6.07) is 28.6. The molecule has 24 heavy (non-hydrogen) atoms. The number of rotatable bonds is 3. The zero-order chi connectivity index (χ0) is 16.5. The van der Waals surface area contributed by atoms with E-state index in [0.29, 0.717) is 0 Å². The van der Waals surface area contributed by atoms with Gasteiger partial charge in [-0.1, -0.05) is 78.4 Å². The number of hydrogen-bond acceptors (Lipinski definition) is 1. The van der Waals surface area contributed by atoms with Gasteiger partial charge in [0.2, 0.25) is 5.91 Å². The minimum absolute atomic E-state index is 0.0452. The summed E-state index contributed by atoms with van der Waals surface area (Å²) < 4.78 is 0. The highest BCUT2D eigenvalue weighted by Crippen LogP contribution is 2.48. The molecule has 1 saturated heterocycles. The van der Waals surface area contributed by atoms with Crippen molar-refractivity contribution in [2.75, 3.05) is 4.90 Å². The summed E-state index contributed by atoms with van der Waals surface area (Å²) in [7, 11) is 0. The van der Waals surface area contributed by atoms with E-state index in [4.69, 9.17) is 0 Å². The Morgan fingerprint density at radius 1 is 0.708 bits per heavy atom. The Bertz CT molecular complexity index is 840. The maximum Gasteiger partial charge on any atom is 0.237 e. The monoisotopic (exact) mass is 313 g/mol. The van der Waals surface area contributed by atoms with Crippen molar-refractivity contribution in [3.63, 3.8) is 0 Å². The van der Waals surface area contributed by atoms with Gasteiger partial charge in [0.1, 0.15) is 0 Å². The molecule has 0 saturated carbocycles. The first-order valence-electron chi connectivity index (χ1n) is 8.25. The maximum atomic E-state index is 13.0. The number of carbonyl (C=O) groups is 1. The fraction of sp³-hybridized carbons (Fsp3) is 0.136. The van der Waals surface area contributed by atoms with Crippen LogP contribution in [0.3, 0.4) is 0 Å². The number of amides is 1. The lowest BCUT2D eigenvalue weighted by molar-refractivity contribution is -0.126. The first-order valence-corrected chi connectivity index (χ1v) is 8.25. The van der Waals surface area contributed by atoms with Gasteiger partial charge in [0.25, 0.3) is 0 Å². The predicted molar refractivity (Wildman–Crippen MR) is 97.0 cm³/mol. The molecular weight excluding hydrogens is 294 g/mol. The number of nitrogens with zero attached hydrogens (tertiary/aromatic N) is 1. The summed E-state index contributed by atoms with van der Waals surface area (Å²) in [4.78, 5) is 14.9. The normalized spacial score (nSPS) is 19.9. The maximum absolute atomic E-state index is 13.0. The van der Waals surface area contributed by atoms with E-state index in [-0.39, 0.29) is 17.9 Å². The second-order valence-electron chi connectivity index (χ2n) is 6.29. The Balaban J connectivity index is 1.77. The predicted octanol–water partition coefficient (Wildman–Crippen LogP) is 4.87. The van der Waals surface area contributed by atoms with E-state index in [1.807, 2.05) is 65.6 Å². The van der Waals surface area contributed by atoms with Gasteiger partial charge in [-0.05, 0) is 30.2 Å². The lowest BCUT2D eigenvalue weighted by Gasteiger charge is -2.47. The summed E-state index contributed by atoms with van der Waals surface area (Å²) >= 11 is 0. The summed E-state index contributed by atoms with van der Waals surface area (Å²) in [5.41, 5.74) is 4.42. The molecule has 0 aliphatic carbocycles. The molecule has 0 aromatic heterocycles. The third kappa shape index (κ3) is 2.41. The largest absolute Gasteiger partial charge is 0.303 e. The van der Waals surface area contributed by atoms with Gasteiger partial charge < -0.3 is 4.90 Å². The number of aryl methyl sites for hydroxylation is 1. The highest BCUT2D eigenvalue weighted by atomic mass is 16.2. The van der Waals surface area contributed by atoms with Crippen molar-refractivity contribution in [2.24, 2.45) is 0 Å². The second kappa shape index (κ2) is 5.97. The summed E-state index contributed by atoms with van der Waals surface area (Å²) in [6.45, 7) is 2.06. The number of β-lactam (4-membered cyclic amide) rings is 1. The van der Waals surface area contributed by atoms with Crippen LogP contribution in [0.1, 0.15) is 28.7 Å². The smallest absolute Gasteiger partial charge is 0.237 e. The van der Waals surface area contributed by atoms with Gasteiger partial charge in [0.05, 0.1) is 12.0 Å². The highest BCUT2D eigenvalue weighted by molar-refractivity contribution is 6.06. The van der Waals surface area contributed by atoms with Crippen LogP contribution < -0.4 is 4.90 Å². The lowest BCUT2D eigenvalue weighted by Crippen LogP contribution is -2.53. The second-order valence-corrected chi connectivity index (χ2v) is 6.29. The van der Waals surface area contributed by atoms with E-state index < -0.39 is 0 Å². The van der Waals surface area contributed by atoms with Gasteiger partial charge in [-0.25, -0.2) is 0 Å². The van der Waals surface area contributed by atoms with Crippen molar-refractivity contribution in [2.45, 2.75) is 18.9 Å². The van der Waals surface area contributed by atoms with Crippen molar-refractivity contribution in [3.8, 4) is 0 Å². The molecule has 2 heteroatoms. The van der Waals surface area contributed by atoms with Gasteiger partial charge in [0.15, 0.2) is 0 Å². The fourth-order valence-corrected chi connectivity index (χ4v) is 3.46. The number of carbonyl (C=O) groups excluding carboxylic acids is 1. The number of benzene rings is 3. The van der Waals surface area contributed by atoms with Gasteiger partial charge in [-0.3, -0.25) is 4.79 Å². The topological polar surface area (TPSA) is 20.3 Å². The van der Waals surface area contributed by atoms with E-state index in [1.165, 1.54) is 11.1 Å². The van der Waals surface area contributed by atoms with Gasteiger partial charge in [-0.2, -0.15) is 0 Å². The molecule has 1 amide bonds. The average Bonchev–Trinajstić information content (AvgIpc) is 2.63. The highest BCUT2D eigenvalue weighted by Gasteiger charge is 2.49. The van der Waals surface area contributed by atoms with Crippen LogP contribution in [0.15, 0.2) is 84.9 Å². The van der Waals surface area contributed by atoms with E-state index >= 15 is 0 Å². The third-order valence-corrected chi connectivity index (χ3v) is 4.71. The Kier molecular flexibility index (Phi) is 3.66. The van der Waals surface area contributed by atoms with Crippen molar-refractivity contribution in [3.05, 3.63) is 102 Å². The number of anilines is 1. The molecule has 1 fully saturated rings. The van der Waals surface area contributed by atoms with Gasteiger partial charge >= 0.3 is 0 Å². The van der Waals surface area contributed by atoms with Crippen molar-refractivity contribution in [1.82, 2.24) is 0 Å². The van der Waals surface area contributed by atoms with Gasteiger partial charge in [0, 0.05) is 5.69 Å². The van der Waals surface area contributed by atoms with Crippen LogP contribution in [-0.4, -0.2) is 5.91 Å². The summed E-state index contributed by atoms with van der Waals surface area (Å²) in [5, 5.41) is 0. The Hall–Kier alpha value is -2.87. The zero-order valence-corrected chi connectivity index (χ0v) is 13.6. The van der Waals surface area contributed by atoms with Crippen LogP contribution in [-0.2, 0) is 4.79 Å². The molecule has 2 atom stereocenters. The molecular formula is C22H19NO. The molecule has 118 valence electrons. The molecule has 0 unspecified atom stereocenters. The molecule has 3 aromatic carbocycles. The third-order valence-electron chi connectivity index (χ3n) is 4.71. The van der Waals surface area contributed by atoms with Gasteiger partial charge in [-0.15, -0.1) is 0 Å². The van der Waals surface area contributed by atoms with E-state index in [1.54, 1.807) is 0 Å². The van der Waals surface area contributed by atoms with Crippen LogP contribution in [0.5, 0.6) is 0 Å². The van der Waals surface area contributed by atoms with Crippen molar-refractivity contribution >= 4 is 11.6 Å². The van der Waals surface area contributed by atoms with Crippen molar-refractivity contribution < 1.29 is 4.79 Å². The van der Waals surface area contributed by atoms with Crippen molar-refractivity contribution in [1.29, 1.82) is 0 Å².